The Kier molecular flexibility index (Phi) is 3.08. The molecule has 2 aromatic rings. The molecule has 1 N–H and O–H groups in total. The van der Waals surface area contributed by atoms with Crippen molar-refractivity contribution in [3.05, 3.63) is 47.1 Å². The highest BCUT2D eigenvalue weighted by Gasteiger charge is 2.20. The van der Waals surface area contributed by atoms with E-state index in [1.165, 1.54) is 11.1 Å². The van der Waals surface area contributed by atoms with Gasteiger partial charge in [-0.3, -0.25) is 0 Å². The SMILES string of the molecule is Cc1nc(CNC2COCc3ccccc32)no1. The average molecular weight is 245 g/mol. The van der Waals surface area contributed by atoms with Crippen LogP contribution in [0, 0.1) is 6.92 Å². The summed E-state index contributed by atoms with van der Waals surface area (Å²) >= 11 is 0. The van der Waals surface area contributed by atoms with Crippen LogP contribution < -0.4 is 5.32 Å². The highest BCUT2D eigenvalue weighted by atomic mass is 16.5. The number of rotatable bonds is 3. The maximum absolute atomic E-state index is 5.58. The molecule has 3 rings (SSSR count). The fourth-order valence-corrected chi connectivity index (χ4v) is 2.18. The quantitative estimate of drug-likeness (QED) is 0.892. The van der Waals surface area contributed by atoms with Gasteiger partial charge in [0, 0.05) is 6.92 Å². The summed E-state index contributed by atoms with van der Waals surface area (Å²) in [5.41, 5.74) is 2.54. The molecule has 1 aliphatic rings. The Morgan fingerprint density at radius 1 is 1.39 bits per heavy atom. The van der Waals surface area contributed by atoms with Gasteiger partial charge in [0.25, 0.3) is 0 Å². The van der Waals surface area contributed by atoms with E-state index in [1.807, 2.05) is 6.07 Å². The van der Waals surface area contributed by atoms with Gasteiger partial charge in [0.1, 0.15) is 0 Å². The number of fused-ring (bicyclic) bond motifs is 1. The van der Waals surface area contributed by atoms with E-state index in [0.29, 0.717) is 31.5 Å². The Balaban J connectivity index is 1.71. The van der Waals surface area contributed by atoms with Gasteiger partial charge < -0.3 is 14.6 Å². The summed E-state index contributed by atoms with van der Waals surface area (Å²) in [6.07, 6.45) is 0. The van der Waals surface area contributed by atoms with E-state index >= 15 is 0 Å². The van der Waals surface area contributed by atoms with Gasteiger partial charge in [-0.25, -0.2) is 0 Å². The first-order valence-electron chi connectivity index (χ1n) is 6.01. The highest BCUT2D eigenvalue weighted by molar-refractivity contribution is 5.31. The molecule has 0 aliphatic carbocycles. The number of hydrogen-bond donors (Lipinski definition) is 1. The third-order valence-corrected chi connectivity index (χ3v) is 3.05. The van der Waals surface area contributed by atoms with Gasteiger partial charge in [0.15, 0.2) is 5.82 Å². The lowest BCUT2D eigenvalue weighted by molar-refractivity contribution is 0.0814. The molecule has 1 unspecified atom stereocenters. The summed E-state index contributed by atoms with van der Waals surface area (Å²) in [5.74, 6) is 1.27. The maximum atomic E-state index is 5.58. The molecule has 1 aromatic carbocycles. The molecule has 1 aliphatic heterocycles. The van der Waals surface area contributed by atoms with Gasteiger partial charge in [-0.2, -0.15) is 4.98 Å². The van der Waals surface area contributed by atoms with E-state index in [-0.39, 0.29) is 6.04 Å². The summed E-state index contributed by atoms with van der Waals surface area (Å²) < 4.78 is 10.5. The van der Waals surface area contributed by atoms with E-state index in [0.717, 1.165) is 0 Å². The van der Waals surface area contributed by atoms with Gasteiger partial charge >= 0.3 is 0 Å². The molecule has 1 aromatic heterocycles. The van der Waals surface area contributed by atoms with Crippen molar-refractivity contribution in [2.45, 2.75) is 26.1 Å². The van der Waals surface area contributed by atoms with Crippen molar-refractivity contribution >= 4 is 0 Å². The topological polar surface area (TPSA) is 60.2 Å². The molecule has 0 radical (unpaired) electrons. The predicted molar refractivity (Wildman–Crippen MR) is 64.7 cm³/mol. The monoisotopic (exact) mass is 245 g/mol. The van der Waals surface area contributed by atoms with Crippen LogP contribution in [0.15, 0.2) is 28.8 Å². The fourth-order valence-electron chi connectivity index (χ4n) is 2.18. The normalized spacial score (nSPS) is 18.6. The van der Waals surface area contributed by atoms with Crippen LogP contribution in [0.2, 0.25) is 0 Å². The van der Waals surface area contributed by atoms with Gasteiger partial charge in [-0.05, 0) is 11.1 Å². The summed E-state index contributed by atoms with van der Waals surface area (Å²) in [5, 5.41) is 7.26. The molecule has 0 amide bonds. The van der Waals surface area contributed by atoms with Crippen LogP contribution in [-0.4, -0.2) is 16.7 Å². The molecule has 18 heavy (non-hydrogen) atoms. The Morgan fingerprint density at radius 3 is 3.11 bits per heavy atom. The first kappa shape index (κ1) is 11.4. The molecular weight excluding hydrogens is 230 g/mol. The van der Waals surface area contributed by atoms with Crippen molar-refractivity contribution in [2.75, 3.05) is 6.61 Å². The van der Waals surface area contributed by atoms with Crippen LogP contribution in [-0.2, 0) is 17.9 Å². The molecule has 0 bridgehead atoms. The number of nitrogens with zero attached hydrogens (tertiary/aromatic N) is 2. The second kappa shape index (κ2) is 4.88. The number of nitrogens with one attached hydrogen (secondary N) is 1. The van der Waals surface area contributed by atoms with E-state index in [2.05, 4.69) is 33.7 Å². The first-order chi connectivity index (χ1) is 8.83. The van der Waals surface area contributed by atoms with Gasteiger partial charge in [0.05, 0.1) is 25.8 Å². The Morgan fingerprint density at radius 2 is 2.28 bits per heavy atom. The van der Waals surface area contributed by atoms with Crippen LogP contribution in [0.4, 0.5) is 0 Å². The number of hydrogen-bond acceptors (Lipinski definition) is 5. The van der Waals surface area contributed by atoms with Crippen molar-refractivity contribution < 1.29 is 9.26 Å². The van der Waals surface area contributed by atoms with Crippen molar-refractivity contribution in [3.8, 4) is 0 Å². The lowest BCUT2D eigenvalue weighted by atomic mass is 9.99. The molecular formula is C13H15N3O2. The molecule has 0 saturated carbocycles. The molecule has 0 fully saturated rings. The molecule has 5 heteroatoms. The van der Waals surface area contributed by atoms with Crippen LogP contribution in [0.3, 0.4) is 0 Å². The third kappa shape index (κ3) is 2.27. The summed E-state index contributed by atoms with van der Waals surface area (Å²) in [6, 6.07) is 8.51. The second-order valence-electron chi connectivity index (χ2n) is 4.38. The Bertz CT molecular complexity index is 539. The van der Waals surface area contributed by atoms with Crippen molar-refractivity contribution in [3.63, 3.8) is 0 Å². The summed E-state index contributed by atoms with van der Waals surface area (Å²) in [4.78, 5) is 4.17. The number of ether oxygens (including phenoxy) is 1. The zero-order chi connectivity index (χ0) is 12.4. The lowest BCUT2D eigenvalue weighted by Crippen LogP contribution is -2.29. The maximum Gasteiger partial charge on any atom is 0.223 e. The van der Waals surface area contributed by atoms with E-state index in [1.54, 1.807) is 6.92 Å². The molecule has 0 saturated heterocycles. The molecule has 2 heterocycles. The molecule has 94 valence electrons. The van der Waals surface area contributed by atoms with Crippen molar-refractivity contribution in [2.24, 2.45) is 0 Å². The number of aromatic nitrogens is 2. The summed E-state index contributed by atoms with van der Waals surface area (Å²) in [6.45, 7) is 3.73. The molecule has 5 nitrogen and oxygen atoms in total. The molecule has 1 atom stereocenters. The standard InChI is InChI=1S/C13H15N3O2/c1-9-15-13(16-18-9)6-14-12-8-17-7-10-4-2-3-5-11(10)12/h2-5,12,14H,6-8H2,1H3. The van der Waals surface area contributed by atoms with E-state index < -0.39 is 0 Å². The van der Waals surface area contributed by atoms with Crippen LogP contribution in [0.25, 0.3) is 0 Å². The highest BCUT2D eigenvalue weighted by Crippen LogP contribution is 2.24. The predicted octanol–water partition coefficient (Wildman–Crippen LogP) is 1.74. The van der Waals surface area contributed by atoms with Gasteiger partial charge in [-0.1, -0.05) is 29.4 Å². The first-order valence-corrected chi connectivity index (χ1v) is 6.01. The van der Waals surface area contributed by atoms with Gasteiger partial charge in [0.2, 0.25) is 5.89 Å². The van der Waals surface area contributed by atoms with Crippen LogP contribution in [0.5, 0.6) is 0 Å². The van der Waals surface area contributed by atoms with E-state index in [9.17, 15) is 0 Å². The molecule has 0 spiro atoms. The zero-order valence-electron chi connectivity index (χ0n) is 10.2. The van der Waals surface area contributed by atoms with Crippen molar-refractivity contribution in [1.82, 2.24) is 15.5 Å². The minimum atomic E-state index is 0.189. The third-order valence-electron chi connectivity index (χ3n) is 3.05. The fraction of sp³-hybridized carbons (Fsp3) is 0.385. The average Bonchev–Trinajstić information content (AvgIpc) is 2.82. The van der Waals surface area contributed by atoms with Crippen LogP contribution >= 0.6 is 0 Å². The number of benzene rings is 1. The Hall–Kier alpha value is -1.72. The number of aryl methyl sites for hydroxylation is 1. The smallest absolute Gasteiger partial charge is 0.223 e. The summed E-state index contributed by atoms with van der Waals surface area (Å²) in [7, 11) is 0. The minimum Gasteiger partial charge on any atom is -0.375 e. The largest absolute Gasteiger partial charge is 0.375 e. The lowest BCUT2D eigenvalue weighted by Gasteiger charge is -2.26. The van der Waals surface area contributed by atoms with Crippen LogP contribution in [0.1, 0.15) is 28.9 Å². The van der Waals surface area contributed by atoms with Crippen molar-refractivity contribution in [1.29, 1.82) is 0 Å². The minimum absolute atomic E-state index is 0.189. The second-order valence-corrected chi connectivity index (χ2v) is 4.38. The Labute approximate surface area is 105 Å². The zero-order valence-corrected chi connectivity index (χ0v) is 10.2. The van der Waals surface area contributed by atoms with E-state index in [4.69, 9.17) is 9.26 Å². The van der Waals surface area contributed by atoms with Gasteiger partial charge in [-0.15, -0.1) is 0 Å².